The number of rotatable bonds is 9. The quantitative estimate of drug-likeness (QED) is 0.542. The monoisotopic (exact) mass is 431 g/mol. The third-order valence-electron chi connectivity index (χ3n) is 4.08. The van der Waals surface area contributed by atoms with Crippen molar-refractivity contribution in [2.75, 3.05) is 11.8 Å². The fourth-order valence-electron chi connectivity index (χ4n) is 2.52. The molecule has 0 fully saturated rings. The van der Waals surface area contributed by atoms with Crippen molar-refractivity contribution in [3.05, 3.63) is 71.2 Å². The molecule has 3 rings (SSSR count). The number of anilines is 1. The van der Waals surface area contributed by atoms with Crippen molar-refractivity contribution in [1.82, 2.24) is 10.3 Å². The molecular weight excluding hydrogens is 410 g/mol. The van der Waals surface area contributed by atoms with E-state index in [0.29, 0.717) is 24.4 Å². The van der Waals surface area contributed by atoms with Crippen LogP contribution in [0.1, 0.15) is 17.7 Å². The van der Waals surface area contributed by atoms with Crippen LogP contribution in [-0.4, -0.2) is 26.4 Å². The van der Waals surface area contributed by atoms with Crippen molar-refractivity contribution in [2.45, 2.75) is 24.3 Å². The van der Waals surface area contributed by atoms with Crippen LogP contribution in [0, 0.1) is 0 Å². The molecule has 0 radical (unpaired) electrons. The first kappa shape index (κ1) is 20.8. The Morgan fingerprint density at radius 3 is 2.52 bits per heavy atom. The molecule has 0 aliphatic rings. The van der Waals surface area contributed by atoms with Gasteiger partial charge in [0, 0.05) is 18.3 Å². The summed E-state index contributed by atoms with van der Waals surface area (Å²) < 4.78 is 32.4. The van der Waals surface area contributed by atoms with Gasteiger partial charge in [0.05, 0.1) is 17.7 Å². The Bertz CT molecular complexity index is 1050. The summed E-state index contributed by atoms with van der Waals surface area (Å²) in [7, 11) is -2.22. The summed E-state index contributed by atoms with van der Waals surface area (Å²) in [4.78, 5) is 16.4. The van der Waals surface area contributed by atoms with Crippen LogP contribution in [-0.2, 0) is 27.8 Å². The number of carbonyl (C=O) groups excluding carboxylic acids is 1. The maximum Gasteiger partial charge on any atom is 0.263 e. The van der Waals surface area contributed by atoms with E-state index in [2.05, 4.69) is 15.0 Å². The van der Waals surface area contributed by atoms with E-state index in [0.717, 1.165) is 5.56 Å². The second kappa shape index (κ2) is 9.53. The first-order chi connectivity index (χ1) is 14.0. The molecule has 2 aromatic carbocycles. The minimum atomic E-state index is -3.73. The fourth-order valence-corrected chi connectivity index (χ4v) is 4.52. The molecule has 0 aliphatic heterocycles. The average molecular weight is 432 g/mol. The van der Waals surface area contributed by atoms with Crippen LogP contribution in [0.5, 0.6) is 5.75 Å². The van der Waals surface area contributed by atoms with Crippen molar-refractivity contribution in [2.24, 2.45) is 0 Å². The van der Waals surface area contributed by atoms with Crippen molar-refractivity contribution in [1.29, 1.82) is 0 Å². The largest absolute Gasteiger partial charge is 0.497 e. The summed E-state index contributed by atoms with van der Waals surface area (Å²) in [5.41, 5.74) is 1.70. The first-order valence-electron chi connectivity index (χ1n) is 8.88. The Kier molecular flexibility index (Phi) is 6.84. The number of hydrogen-bond donors (Lipinski definition) is 2. The van der Waals surface area contributed by atoms with Crippen molar-refractivity contribution in [3.63, 3.8) is 0 Å². The maximum atomic E-state index is 12.4. The number of aryl methyl sites for hydroxylation is 1. The minimum Gasteiger partial charge on any atom is -0.497 e. The number of amides is 1. The highest BCUT2D eigenvalue weighted by atomic mass is 32.2. The summed E-state index contributed by atoms with van der Waals surface area (Å²) >= 11 is 1.18. The Hall–Kier alpha value is -2.91. The van der Waals surface area contributed by atoms with Crippen LogP contribution in [0.2, 0.25) is 0 Å². The number of sulfonamides is 1. The van der Waals surface area contributed by atoms with Gasteiger partial charge in [-0.1, -0.05) is 30.3 Å². The minimum absolute atomic E-state index is 0.0813. The summed E-state index contributed by atoms with van der Waals surface area (Å²) in [6, 6.07) is 15.7. The maximum absolute atomic E-state index is 12.4. The second-order valence-electron chi connectivity index (χ2n) is 6.19. The number of ether oxygens (including phenoxy) is 1. The van der Waals surface area contributed by atoms with E-state index in [1.807, 2.05) is 30.3 Å². The van der Waals surface area contributed by atoms with Gasteiger partial charge in [0.15, 0.2) is 5.13 Å². The van der Waals surface area contributed by atoms with E-state index in [9.17, 15) is 13.2 Å². The molecule has 0 bridgehead atoms. The molecule has 9 heteroatoms. The highest BCUT2D eigenvalue weighted by Gasteiger charge is 2.16. The molecular formula is C20H21N3O4S2. The molecule has 0 aliphatic carbocycles. The van der Waals surface area contributed by atoms with Gasteiger partial charge in [0.25, 0.3) is 10.0 Å². The molecule has 0 atom stereocenters. The van der Waals surface area contributed by atoms with Crippen molar-refractivity contribution in [3.8, 4) is 5.75 Å². The van der Waals surface area contributed by atoms with Gasteiger partial charge in [0.1, 0.15) is 5.75 Å². The normalized spacial score (nSPS) is 11.1. The Balaban J connectivity index is 1.51. The lowest BCUT2D eigenvalue weighted by atomic mass is 10.2. The summed E-state index contributed by atoms with van der Waals surface area (Å²) in [5.74, 6) is 0.494. The topological polar surface area (TPSA) is 97.4 Å². The summed E-state index contributed by atoms with van der Waals surface area (Å²) in [5, 5.41) is 4.87. The number of methoxy groups -OCH3 is 1. The van der Waals surface area contributed by atoms with E-state index in [4.69, 9.17) is 4.74 Å². The fraction of sp³-hybridized carbons (Fsp3) is 0.200. The van der Waals surface area contributed by atoms with E-state index in [1.54, 1.807) is 17.5 Å². The Labute approximate surface area is 173 Å². The van der Waals surface area contributed by atoms with Crippen LogP contribution in [0.15, 0.2) is 64.9 Å². The Morgan fingerprint density at radius 1 is 1.10 bits per heavy atom. The molecule has 0 spiro atoms. The predicted molar refractivity (Wildman–Crippen MR) is 113 cm³/mol. The van der Waals surface area contributed by atoms with Crippen LogP contribution in [0.4, 0.5) is 5.13 Å². The van der Waals surface area contributed by atoms with Crippen LogP contribution >= 0.6 is 11.3 Å². The number of nitrogens with one attached hydrogen (secondary N) is 2. The summed E-state index contributed by atoms with van der Waals surface area (Å²) in [6.45, 7) is 0.476. The zero-order valence-corrected chi connectivity index (χ0v) is 17.4. The number of hydrogen-bond acceptors (Lipinski definition) is 6. The predicted octanol–water partition coefficient (Wildman–Crippen LogP) is 3.20. The lowest BCUT2D eigenvalue weighted by Crippen LogP contribution is -2.23. The molecule has 0 unspecified atom stereocenters. The second-order valence-corrected chi connectivity index (χ2v) is 8.73. The van der Waals surface area contributed by atoms with E-state index in [1.165, 1.54) is 30.6 Å². The zero-order chi connectivity index (χ0) is 20.7. The lowest BCUT2D eigenvalue weighted by Gasteiger charge is -2.06. The molecule has 29 heavy (non-hydrogen) atoms. The first-order valence-corrected chi connectivity index (χ1v) is 11.2. The van der Waals surface area contributed by atoms with Crippen LogP contribution in [0.25, 0.3) is 0 Å². The highest BCUT2D eigenvalue weighted by Crippen LogP contribution is 2.22. The SMILES string of the molecule is COc1ccc(S(=O)(=O)Nc2nc(CCC(=O)NCc3ccccc3)cs2)cc1. The van der Waals surface area contributed by atoms with Gasteiger partial charge in [-0.2, -0.15) is 0 Å². The molecule has 152 valence electrons. The Morgan fingerprint density at radius 2 is 1.83 bits per heavy atom. The number of thiazole rings is 1. The van der Waals surface area contributed by atoms with Gasteiger partial charge in [0.2, 0.25) is 5.91 Å². The van der Waals surface area contributed by atoms with E-state index in [-0.39, 0.29) is 22.4 Å². The van der Waals surface area contributed by atoms with Gasteiger partial charge in [-0.05, 0) is 36.2 Å². The van der Waals surface area contributed by atoms with Crippen LogP contribution < -0.4 is 14.8 Å². The standard InChI is InChI=1S/C20H21N3O4S2/c1-27-17-8-10-18(11-9-17)29(25,26)23-20-22-16(14-28-20)7-12-19(24)21-13-15-5-3-2-4-6-15/h2-6,8-11,14H,7,12-13H2,1H3,(H,21,24)(H,22,23). The molecule has 0 saturated carbocycles. The molecule has 0 saturated heterocycles. The highest BCUT2D eigenvalue weighted by molar-refractivity contribution is 7.93. The number of carbonyl (C=O) groups is 1. The number of nitrogens with zero attached hydrogens (tertiary/aromatic N) is 1. The van der Waals surface area contributed by atoms with E-state index >= 15 is 0 Å². The average Bonchev–Trinajstić information content (AvgIpc) is 3.18. The van der Waals surface area contributed by atoms with Crippen LogP contribution in [0.3, 0.4) is 0 Å². The third kappa shape index (κ3) is 6.03. The van der Waals surface area contributed by atoms with Crippen molar-refractivity contribution >= 4 is 32.4 Å². The van der Waals surface area contributed by atoms with Gasteiger partial charge in [-0.15, -0.1) is 11.3 Å². The number of aromatic nitrogens is 1. The smallest absolute Gasteiger partial charge is 0.263 e. The zero-order valence-electron chi connectivity index (χ0n) is 15.8. The molecule has 1 aromatic heterocycles. The molecule has 7 nitrogen and oxygen atoms in total. The molecule has 1 heterocycles. The molecule has 3 aromatic rings. The lowest BCUT2D eigenvalue weighted by molar-refractivity contribution is -0.121. The van der Waals surface area contributed by atoms with Gasteiger partial charge >= 0.3 is 0 Å². The van der Waals surface area contributed by atoms with Gasteiger partial charge < -0.3 is 10.1 Å². The van der Waals surface area contributed by atoms with E-state index < -0.39 is 10.0 Å². The van der Waals surface area contributed by atoms with Crippen molar-refractivity contribution < 1.29 is 17.9 Å². The van der Waals surface area contributed by atoms with Gasteiger partial charge in [-0.25, -0.2) is 13.4 Å². The molecule has 2 N–H and O–H groups in total. The summed E-state index contributed by atoms with van der Waals surface area (Å²) in [6.07, 6.45) is 0.711. The van der Waals surface area contributed by atoms with Gasteiger partial charge in [-0.3, -0.25) is 9.52 Å². The third-order valence-corrected chi connectivity index (χ3v) is 6.37. The molecule has 1 amide bonds. The number of benzene rings is 2.